The van der Waals surface area contributed by atoms with Crippen molar-refractivity contribution in [1.82, 2.24) is 4.98 Å². The van der Waals surface area contributed by atoms with Gasteiger partial charge in [-0.3, -0.25) is 0 Å². The Kier molecular flexibility index (Phi) is 3.33. The SMILES string of the molecule is COC(=O)c1cnc(CC2CCCO2)s1. The molecule has 1 aliphatic heterocycles. The minimum absolute atomic E-state index is 0.279. The third-order valence-electron chi connectivity index (χ3n) is 2.37. The molecule has 0 radical (unpaired) electrons. The molecular weight excluding hydrogens is 214 g/mol. The molecule has 2 heterocycles. The maximum Gasteiger partial charge on any atom is 0.349 e. The molecule has 0 aliphatic carbocycles. The van der Waals surface area contributed by atoms with Crippen LogP contribution < -0.4 is 0 Å². The molecule has 15 heavy (non-hydrogen) atoms. The zero-order valence-corrected chi connectivity index (χ0v) is 9.38. The minimum Gasteiger partial charge on any atom is -0.465 e. The molecule has 0 N–H and O–H groups in total. The molecular formula is C10H13NO3S. The summed E-state index contributed by atoms with van der Waals surface area (Å²) >= 11 is 1.39. The number of hydrogen-bond acceptors (Lipinski definition) is 5. The van der Waals surface area contributed by atoms with Gasteiger partial charge in [0.25, 0.3) is 0 Å². The molecule has 2 rings (SSSR count). The van der Waals surface area contributed by atoms with E-state index in [2.05, 4.69) is 9.72 Å². The van der Waals surface area contributed by atoms with Gasteiger partial charge < -0.3 is 9.47 Å². The van der Waals surface area contributed by atoms with Crippen LogP contribution in [0.15, 0.2) is 6.20 Å². The molecule has 1 fully saturated rings. The van der Waals surface area contributed by atoms with Crippen molar-refractivity contribution in [2.24, 2.45) is 0 Å². The molecule has 82 valence electrons. The highest BCUT2D eigenvalue weighted by molar-refractivity contribution is 7.13. The number of carbonyl (C=O) groups excluding carboxylic acids is 1. The van der Waals surface area contributed by atoms with Crippen molar-refractivity contribution in [2.75, 3.05) is 13.7 Å². The summed E-state index contributed by atoms with van der Waals surface area (Å²) in [6, 6.07) is 0. The van der Waals surface area contributed by atoms with Crippen molar-refractivity contribution in [3.8, 4) is 0 Å². The lowest BCUT2D eigenvalue weighted by Crippen LogP contribution is -2.08. The van der Waals surface area contributed by atoms with E-state index in [9.17, 15) is 4.79 Å². The van der Waals surface area contributed by atoms with Gasteiger partial charge in [-0.2, -0.15) is 0 Å². The van der Waals surface area contributed by atoms with E-state index in [1.807, 2.05) is 0 Å². The molecule has 1 aromatic rings. The predicted molar refractivity (Wildman–Crippen MR) is 56.1 cm³/mol. The van der Waals surface area contributed by atoms with E-state index >= 15 is 0 Å². The van der Waals surface area contributed by atoms with Crippen LogP contribution >= 0.6 is 11.3 Å². The van der Waals surface area contributed by atoms with E-state index < -0.39 is 0 Å². The number of nitrogens with zero attached hydrogens (tertiary/aromatic N) is 1. The smallest absolute Gasteiger partial charge is 0.349 e. The second-order valence-corrected chi connectivity index (χ2v) is 4.56. The molecule has 1 aromatic heterocycles. The van der Waals surface area contributed by atoms with E-state index in [4.69, 9.17) is 4.74 Å². The normalized spacial score (nSPS) is 20.5. The first kappa shape index (κ1) is 10.6. The summed E-state index contributed by atoms with van der Waals surface area (Å²) in [6.07, 6.45) is 4.87. The standard InChI is InChI=1S/C10H13NO3S/c1-13-10(12)8-6-11-9(15-8)5-7-3-2-4-14-7/h6-7H,2-5H2,1H3. The lowest BCUT2D eigenvalue weighted by Gasteiger charge is -2.05. The topological polar surface area (TPSA) is 48.4 Å². The molecule has 5 heteroatoms. The Morgan fingerprint density at radius 1 is 1.80 bits per heavy atom. The lowest BCUT2D eigenvalue weighted by atomic mass is 10.2. The molecule has 0 bridgehead atoms. The number of thiazole rings is 1. The van der Waals surface area contributed by atoms with Crippen LogP contribution in [-0.4, -0.2) is 30.8 Å². The van der Waals surface area contributed by atoms with E-state index in [-0.39, 0.29) is 12.1 Å². The summed E-state index contributed by atoms with van der Waals surface area (Å²) in [6.45, 7) is 0.847. The predicted octanol–water partition coefficient (Wildman–Crippen LogP) is 1.65. The van der Waals surface area contributed by atoms with Crippen LogP contribution in [0.3, 0.4) is 0 Å². The van der Waals surface area contributed by atoms with Crippen LogP contribution in [0.2, 0.25) is 0 Å². The van der Waals surface area contributed by atoms with Crippen molar-refractivity contribution >= 4 is 17.3 Å². The number of esters is 1. The Morgan fingerprint density at radius 2 is 2.67 bits per heavy atom. The first-order chi connectivity index (χ1) is 7.29. The number of hydrogen-bond donors (Lipinski definition) is 0. The second kappa shape index (κ2) is 4.72. The molecule has 0 amide bonds. The molecule has 0 spiro atoms. The summed E-state index contributed by atoms with van der Waals surface area (Å²) in [7, 11) is 1.38. The Balaban J connectivity index is 1.97. The van der Waals surface area contributed by atoms with Crippen LogP contribution in [0.5, 0.6) is 0 Å². The highest BCUT2D eigenvalue weighted by atomic mass is 32.1. The summed E-state index contributed by atoms with van der Waals surface area (Å²) in [5.41, 5.74) is 0. The monoisotopic (exact) mass is 227 g/mol. The molecule has 0 aromatic carbocycles. The van der Waals surface area contributed by atoms with Gasteiger partial charge in [0.1, 0.15) is 4.88 Å². The summed E-state index contributed by atoms with van der Waals surface area (Å²) in [5, 5.41) is 0.947. The van der Waals surface area contributed by atoms with E-state index in [0.29, 0.717) is 4.88 Å². The Bertz CT molecular complexity index is 344. The fourth-order valence-corrected chi connectivity index (χ4v) is 2.50. The number of rotatable bonds is 3. The summed E-state index contributed by atoms with van der Waals surface area (Å²) < 4.78 is 10.1. The molecule has 0 saturated carbocycles. The van der Waals surface area contributed by atoms with E-state index in [0.717, 1.165) is 30.9 Å². The van der Waals surface area contributed by atoms with Crippen molar-refractivity contribution in [3.05, 3.63) is 16.1 Å². The van der Waals surface area contributed by atoms with Gasteiger partial charge in [-0.05, 0) is 12.8 Å². The largest absolute Gasteiger partial charge is 0.465 e. The second-order valence-electron chi connectivity index (χ2n) is 3.45. The van der Waals surface area contributed by atoms with Crippen LogP contribution in [0, 0.1) is 0 Å². The van der Waals surface area contributed by atoms with Crippen LogP contribution in [0.4, 0.5) is 0 Å². The van der Waals surface area contributed by atoms with Gasteiger partial charge in [-0.15, -0.1) is 11.3 Å². The molecule has 4 nitrogen and oxygen atoms in total. The highest BCUT2D eigenvalue weighted by Crippen LogP contribution is 2.21. The first-order valence-corrected chi connectivity index (χ1v) is 5.76. The Morgan fingerprint density at radius 3 is 3.33 bits per heavy atom. The van der Waals surface area contributed by atoms with Gasteiger partial charge in [0, 0.05) is 13.0 Å². The quantitative estimate of drug-likeness (QED) is 0.737. The van der Waals surface area contributed by atoms with Gasteiger partial charge in [-0.25, -0.2) is 9.78 Å². The lowest BCUT2D eigenvalue weighted by molar-refractivity contribution is 0.0606. The number of carbonyl (C=O) groups is 1. The number of ether oxygens (including phenoxy) is 2. The third-order valence-corrected chi connectivity index (χ3v) is 3.37. The van der Waals surface area contributed by atoms with Crippen molar-refractivity contribution in [3.63, 3.8) is 0 Å². The summed E-state index contributed by atoms with van der Waals surface area (Å²) in [5.74, 6) is -0.314. The summed E-state index contributed by atoms with van der Waals surface area (Å²) in [4.78, 5) is 15.9. The van der Waals surface area contributed by atoms with Crippen LogP contribution in [0.1, 0.15) is 27.5 Å². The molecule has 1 unspecified atom stereocenters. The van der Waals surface area contributed by atoms with Gasteiger partial charge in [0.2, 0.25) is 0 Å². The fourth-order valence-electron chi connectivity index (χ4n) is 1.60. The van der Waals surface area contributed by atoms with Gasteiger partial charge in [0.15, 0.2) is 0 Å². The average Bonchev–Trinajstić information content (AvgIpc) is 2.88. The highest BCUT2D eigenvalue weighted by Gasteiger charge is 2.18. The minimum atomic E-state index is -0.314. The van der Waals surface area contributed by atoms with Crippen molar-refractivity contribution < 1.29 is 14.3 Å². The first-order valence-electron chi connectivity index (χ1n) is 4.94. The van der Waals surface area contributed by atoms with Crippen molar-refractivity contribution in [1.29, 1.82) is 0 Å². The van der Waals surface area contributed by atoms with Crippen molar-refractivity contribution in [2.45, 2.75) is 25.4 Å². The van der Waals surface area contributed by atoms with Gasteiger partial charge in [0.05, 0.1) is 24.4 Å². The molecule has 1 atom stereocenters. The van der Waals surface area contributed by atoms with Gasteiger partial charge in [-0.1, -0.05) is 0 Å². The Labute approximate surface area is 92.2 Å². The maximum absolute atomic E-state index is 11.2. The number of methoxy groups -OCH3 is 1. The van der Waals surface area contributed by atoms with E-state index in [1.165, 1.54) is 18.4 Å². The van der Waals surface area contributed by atoms with Crippen LogP contribution in [0.25, 0.3) is 0 Å². The fraction of sp³-hybridized carbons (Fsp3) is 0.600. The zero-order valence-electron chi connectivity index (χ0n) is 8.56. The molecule has 1 aliphatic rings. The van der Waals surface area contributed by atoms with Gasteiger partial charge >= 0.3 is 5.97 Å². The van der Waals surface area contributed by atoms with E-state index in [1.54, 1.807) is 6.20 Å². The zero-order chi connectivity index (χ0) is 10.7. The number of aromatic nitrogens is 1. The third kappa shape index (κ3) is 2.54. The molecule has 1 saturated heterocycles. The van der Waals surface area contributed by atoms with Crippen LogP contribution in [-0.2, 0) is 15.9 Å². The Hall–Kier alpha value is -0.940. The average molecular weight is 227 g/mol. The maximum atomic E-state index is 11.2.